The van der Waals surface area contributed by atoms with Crippen molar-refractivity contribution >= 4 is 17.5 Å². The molecule has 2 aromatic rings. The summed E-state index contributed by atoms with van der Waals surface area (Å²) < 4.78 is 5.75. The van der Waals surface area contributed by atoms with Crippen molar-refractivity contribution in [1.82, 2.24) is 15.1 Å². The van der Waals surface area contributed by atoms with Crippen LogP contribution in [0.5, 0.6) is 5.75 Å². The average molecular weight is 396 g/mol. The number of piperazine rings is 1. The van der Waals surface area contributed by atoms with Gasteiger partial charge in [-0.1, -0.05) is 18.2 Å². The number of nitrogens with zero attached hydrogens (tertiary/aromatic N) is 2. The number of carbonyl (C=O) groups excluding carboxylic acids is 2. The number of hydrogen-bond donors (Lipinski definition) is 2. The normalized spacial score (nSPS) is 14.9. The molecule has 1 saturated heterocycles. The van der Waals surface area contributed by atoms with E-state index in [9.17, 15) is 9.59 Å². The maximum absolute atomic E-state index is 12.3. The number of amides is 2. The summed E-state index contributed by atoms with van der Waals surface area (Å²) in [4.78, 5) is 28.4. The van der Waals surface area contributed by atoms with Crippen LogP contribution in [-0.4, -0.2) is 74.5 Å². The van der Waals surface area contributed by atoms with Crippen LogP contribution in [0.25, 0.3) is 0 Å². The van der Waals surface area contributed by atoms with Crippen molar-refractivity contribution in [3.05, 3.63) is 60.2 Å². The molecule has 0 unspecified atom stereocenters. The quantitative estimate of drug-likeness (QED) is 0.710. The molecule has 1 aliphatic heterocycles. The van der Waals surface area contributed by atoms with Crippen molar-refractivity contribution in [2.45, 2.75) is 0 Å². The molecule has 3 rings (SSSR count). The van der Waals surface area contributed by atoms with E-state index in [1.165, 1.54) is 0 Å². The number of rotatable bonds is 8. The van der Waals surface area contributed by atoms with E-state index in [1.54, 1.807) is 31.3 Å². The predicted octanol–water partition coefficient (Wildman–Crippen LogP) is 1.68. The van der Waals surface area contributed by atoms with Crippen LogP contribution >= 0.6 is 0 Å². The van der Waals surface area contributed by atoms with E-state index < -0.39 is 0 Å². The molecule has 0 atom stereocenters. The van der Waals surface area contributed by atoms with Gasteiger partial charge in [0.1, 0.15) is 12.4 Å². The van der Waals surface area contributed by atoms with E-state index in [1.807, 2.05) is 30.3 Å². The fraction of sp³-hybridized carbons (Fsp3) is 0.364. The third-order valence-corrected chi connectivity index (χ3v) is 4.91. The van der Waals surface area contributed by atoms with Crippen molar-refractivity contribution in [2.24, 2.45) is 0 Å². The minimum absolute atomic E-state index is 0.0430. The van der Waals surface area contributed by atoms with Crippen LogP contribution in [0.1, 0.15) is 10.4 Å². The smallest absolute Gasteiger partial charge is 0.251 e. The molecule has 0 aromatic heterocycles. The Bertz CT molecular complexity index is 787. The summed E-state index contributed by atoms with van der Waals surface area (Å²) in [6, 6.07) is 16.7. The lowest BCUT2D eigenvalue weighted by Crippen LogP contribution is -2.49. The Balaban J connectivity index is 1.34. The molecule has 0 spiro atoms. The first kappa shape index (κ1) is 20.8. The van der Waals surface area contributed by atoms with E-state index >= 15 is 0 Å². The first-order valence-electron chi connectivity index (χ1n) is 9.88. The highest BCUT2D eigenvalue weighted by Crippen LogP contribution is 2.11. The van der Waals surface area contributed by atoms with E-state index in [2.05, 4.69) is 20.4 Å². The largest absolute Gasteiger partial charge is 0.492 e. The monoisotopic (exact) mass is 396 g/mol. The van der Waals surface area contributed by atoms with Crippen LogP contribution in [0.3, 0.4) is 0 Å². The highest BCUT2D eigenvalue weighted by atomic mass is 16.5. The molecule has 1 aliphatic rings. The summed E-state index contributed by atoms with van der Waals surface area (Å²) >= 11 is 0. The van der Waals surface area contributed by atoms with Crippen molar-refractivity contribution in [1.29, 1.82) is 0 Å². The van der Waals surface area contributed by atoms with Gasteiger partial charge in [0.05, 0.1) is 6.54 Å². The van der Waals surface area contributed by atoms with Crippen molar-refractivity contribution in [3.8, 4) is 5.75 Å². The number of ether oxygens (including phenoxy) is 1. The van der Waals surface area contributed by atoms with Gasteiger partial charge in [-0.3, -0.25) is 19.4 Å². The van der Waals surface area contributed by atoms with E-state index in [0.29, 0.717) is 24.4 Å². The predicted molar refractivity (Wildman–Crippen MR) is 113 cm³/mol. The van der Waals surface area contributed by atoms with Gasteiger partial charge >= 0.3 is 0 Å². The lowest BCUT2D eigenvalue weighted by atomic mass is 10.2. The molecule has 29 heavy (non-hydrogen) atoms. The van der Waals surface area contributed by atoms with Gasteiger partial charge in [-0.05, 0) is 36.4 Å². The average Bonchev–Trinajstić information content (AvgIpc) is 2.75. The van der Waals surface area contributed by atoms with Gasteiger partial charge in [-0.2, -0.15) is 0 Å². The molecule has 1 fully saturated rings. The lowest BCUT2D eigenvalue weighted by molar-refractivity contribution is -0.117. The number of benzene rings is 2. The first-order valence-corrected chi connectivity index (χ1v) is 9.88. The van der Waals surface area contributed by atoms with E-state index in [0.717, 1.165) is 38.5 Å². The summed E-state index contributed by atoms with van der Waals surface area (Å²) in [5.74, 6) is 0.708. The standard InChI is InChI=1S/C22H28N4O3/c1-23-22(28)18-7-9-19(10-8-18)24-21(27)17-26-13-11-25(12-14-26)15-16-29-20-5-3-2-4-6-20/h2-10H,11-17H2,1H3,(H,23,28)(H,24,27). The Morgan fingerprint density at radius 2 is 1.59 bits per heavy atom. The number of para-hydroxylation sites is 1. The Morgan fingerprint density at radius 3 is 2.24 bits per heavy atom. The summed E-state index contributed by atoms with van der Waals surface area (Å²) in [7, 11) is 1.59. The van der Waals surface area contributed by atoms with E-state index in [4.69, 9.17) is 4.74 Å². The van der Waals surface area contributed by atoms with Crippen LogP contribution in [0.15, 0.2) is 54.6 Å². The first-order chi connectivity index (χ1) is 14.1. The van der Waals surface area contributed by atoms with Crippen molar-refractivity contribution < 1.29 is 14.3 Å². The van der Waals surface area contributed by atoms with Gasteiger partial charge < -0.3 is 15.4 Å². The summed E-state index contributed by atoms with van der Waals surface area (Å²) in [5.41, 5.74) is 1.26. The number of carbonyl (C=O) groups is 2. The molecule has 7 nitrogen and oxygen atoms in total. The van der Waals surface area contributed by atoms with Gasteiger partial charge in [-0.15, -0.1) is 0 Å². The fourth-order valence-electron chi connectivity index (χ4n) is 3.23. The van der Waals surface area contributed by atoms with Crippen LogP contribution < -0.4 is 15.4 Å². The molecule has 1 heterocycles. The third-order valence-electron chi connectivity index (χ3n) is 4.91. The van der Waals surface area contributed by atoms with E-state index in [-0.39, 0.29) is 11.8 Å². The highest BCUT2D eigenvalue weighted by Gasteiger charge is 2.19. The fourth-order valence-corrected chi connectivity index (χ4v) is 3.23. The maximum Gasteiger partial charge on any atom is 0.251 e. The van der Waals surface area contributed by atoms with Gasteiger partial charge in [0.25, 0.3) is 5.91 Å². The Morgan fingerprint density at radius 1 is 0.931 bits per heavy atom. The van der Waals surface area contributed by atoms with Crippen molar-refractivity contribution in [3.63, 3.8) is 0 Å². The molecule has 154 valence electrons. The molecule has 2 N–H and O–H groups in total. The number of nitrogens with one attached hydrogen (secondary N) is 2. The maximum atomic E-state index is 12.3. The molecule has 7 heteroatoms. The molecule has 0 aliphatic carbocycles. The number of anilines is 1. The van der Waals surface area contributed by atoms with Crippen LogP contribution in [0.4, 0.5) is 5.69 Å². The van der Waals surface area contributed by atoms with Gasteiger partial charge in [0.15, 0.2) is 0 Å². The topological polar surface area (TPSA) is 73.9 Å². The number of hydrogen-bond acceptors (Lipinski definition) is 5. The second-order valence-electron chi connectivity index (χ2n) is 6.98. The van der Waals surface area contributed by atoms with Crippen LogP contribution in [0, 0.1) is 0 Å². The zero-order chi connectivity index (χ0) is 20.5. The minimum Gasteiger partial charge on any atom is -0.492 e. The second-order valence-corrected chi connectivity index (χ2v) is 6.98. The molecule has 2 aromatic carbocycles. The van der Waals surface area contributed by atoms with Crippen LogP contribution in [-0.2, 0) is 4.79 Å². The zero-order valence-corrected chi connectivity index (χ0v) is 16.8. The Kier molecular flexibility index (Phi) is 7.61. The summed E-state index contributed by atoms with van der Waals surface area (Å²) in [5, 5.41) is 5.47. The second kappa shape index (κ2) is 10.6. The summed E-state index contributed by atoms with van der Waals surface area (Å²) in [6.07, 6.45) is 0. The Hall–Kier alpha value is -2.90. The third kappa shape index (κ3) is 6.58. The molecule has 0 radical (unpaired) electrons. The van der Waals surface area contributed by atoms with Gasteiger partial charge in [0.2, 0.25) is 5.91 Å². The van der Waals surface area contributed by atoms with Crippen molar-refractivity contribution in [2.75, 3.05) is 58.2 Å². The minimum atomic E-state index is -0.144. The van der Waals surface area contributed by atoms with Gasteiger partial charge in [0, 0.05) is 51.0 Å². The molecule has 0 bridgehead atoms. The summed E-state index contributed by atoms with van der Waals surface area (Å²) in [6.45, 7) is 5.47. The Labute approximate surface area is 171 Å². The molecular formula is C22H28N4O3. The SMILES string of the molecule is CNC(=O)c1ccc(NC(=O)CN2CCN(CCOc3ccccc3)CC2)cc1. The zero-order valence-electron chi connectivity index (χ0n) is 16.8. The molecule has 0 saturated carbocycles. The van der Waals surface area contributed by atoms with Crippen LogP contribution in [0.2, 0.25) is 0 Å². The lowest BCUT2D eigenvalue weighted by Gasteiger charge is -2.34. The molecule has 2 amide bonds. The van der Waals surface area contributed by atoms with Gasteiger partial charge in [-0.25, -0.2) is 0 Å². The molecular weight excluding hydrogens is 368 g/mol. The highest BCUT2D eigenvalue weighted by molar-refractivity contribution is 5.96.